The molecule has 2 fully saturated rings. The summed E-state index contributed by atoms with van der Waals surface area (Å²) in [6, 6.07) is 2.24. The average Bonchev–Trinajstić information content (AvgIpc) is 3.04. The molecule has 0 radical (unpaired) electrons. The van der Waals surface area contributed by atoms with Crippen molar-refractivity contribution in [2.24, 2.45) is 0 Å². The van der Waals surface area contributed by atoms with Crippen molar-refractivity contribution in [3.8, 4) is 0 Å². The van der Waals surface area contributed by atoms with Gasteiger partial charge in [0.1, 0.15) is 0 Å². The number of aromatic amines is 1. The predicted octanol–water partition coefficient (Wildman–Crippen LogP) is 1.09. The average molecular weight is 206 g/mol. The van der Waals surface area contributed by atoms with Gasteiger partial charge >= 0.3 is 0 Å². The SMILES string of the molecule is c1c(N2CCCNCC2)n[nH]c1C1CC1. The largest absolute Gasteiger partial charge is 0.354 e. The summed E-state index contributed by atoms with van der Waals surface area (Å²) in [5, 5.41) is 11.0. The van der Waals surface area contributed by atoms with Gasteiger partial charge in [0.05, 0.1) is 0 Å². The van der Waals surface area contributed by atoms with Crippen molar-refractivity contribution in [1.29, 1.82) is 0 Å². The lowest BCUT2D eigenvalue weighted by atomic mass is 10.3. The van der Waals surface area contributed by atoms with E-state index in [2.05, 4.69) is 26.5 Å². The van der Waals surface area contributed by atoms with Gasteiger partial charge in [0.15, 0.2) is 5.82 Å². The van der Waals surface area contributed by atoms with Crippen molar-refractivity contribution < 1.29 is 0 Å². The monoisotopic (exact) mass is 206 g/mol. The molecule has 1 saturated heterocycles. The second-order valence-electron chi connectivity index (χ2n) is 4.55. The van der Waals surface area contributed by atoms with Gasteiger partial charge in [-0.05, 0) is 25.8 Å². The molecule has 4 heteroatoms. The molecule has 3 rings (SSSR count). The van der Waals surface area contributed by atoms with Crippen LogP contribution < -0.4 is 10.2 Å². The van der Waals surface area contributed by atoms with E-state index in [4.69, 9.17) is 0 Å². The van der Waals surface area contributed by atoms with E-state index in [9.17, 15) is 0 Å². The Labute approximate surface area is 90.0 Å². The first-order valence-electron chi connectivity index (χ1n) is 5.94. The molecule has 0 spiro atoms. The van der Waals surface area contributed by atoms with Crippen molar-refractivity contribution >= 4 is 5.82 Å². The second kappa shape index (κ2) is 3.85. The van der Waals surface area contributed by atoms with E-state index >= 15 is 0 Å². The fourth-order valence-corrected chi connectivity index (χ4v) is 2.17. The Morgan fingerprint density at radius 2 is 2.20 bits per heavy atom. The predicted molar refractivity (Wildman–Crippen MR) is 60.3 cm³/mol. The van der Waals surface area contributed by atoms with Crippen molar-refractivity contribution in [3.05, 3.63) is 11.8 Å². The smallest absolute Gasteiger partial charge is 0.150 e. The van der Waals surface area contributed by atoms with Gasteiger partial charge < -0.3 is 10.2 Å². The van der Waals surface area contributed by atoms with Crippen LogP contribution in [-0.2, 0) is 0 Å². The molecule has 0 amide bonds. The van der Waals surface area contributed by atoms with Crippen molar-refractivity contribution in [2.75, 3.05) is 31.1 Å². The molecule has 0 unspecified atom stereocenters. The zero-order valence-corrected chi connectivity index (χ0v) is 9.00. The topological polar surface area (TPSA) is 44.0 Å². The van der Waals surface area contributed by atoms with Crippen LogP contribution in [0.4, 0.5) is 5.82 Å². The number of nitrogens with one attached hydrogen (secondary N) is 2. The Morgan fingerprint density at radius 1 is 1.27 bits per heavy atom. The summed E-state index contributed by atoms with van der Waals surface area (Å²) in [4.78, 5) is 2.38. The van der Waals surface area contributed by atoms with Gasteiger partial charge in [-0.2, -0.15) is 5.10 Å². The van der Waals surface area contributed by atoms with Crippen LogP contribution in [0.15, 0.2) is 6.07 Å². The van der Waals surface area contributed by atoms with Crippen LogP contribution in [0, 0.1) is 0 Å². The van der Waals surface area contributed by atoms with E-state index in [1.807, 2.05) is 0 Å². The van der Waals surface area contributed by atoms with Crippen LogP contribution >= 0.6 is 0 Å². The summed E-state index contributed by atoms with van der Waals surface area (Å²) in [6.45, 7) is 4.42. The Morgan fingerprint density at radius 3 is 3.07 bits per heavy atom. The fraction of sp³-hybridized carbons (Fsp3) is 0.727. The fourth-order valence-electron chi connectivity index (χ4n) is 2.17. The Kier molecular flexibility index (Phi) is 2.37. The first-order valence-corrected chi connectivity index (χ1v) is 5.94. The van der Waals surface area contributed by atoms with Gasteiger partial charge in [0.25, 0.3) is 0 Å². The molecule has 82 valence electrons. The van der Waals surface area contributed by atoms with Crippen LogP contribution in [0.2, 0.25) is 0 Å². The quantitative estimate of drug-likeness (QED) is 0.761. The standard InChI is InChI=1S/C11H18N4/c1-4-12-5-7-15(6-1)11-8-10(13-14-11)9-2-3-9/h8-9,12H,1-7H2,(H,13,14). The van der Waals surface area contributed by atoms with Crippen LogP contribution in [0.25, 0.3) is 0 Å². The summed E-state index contributed by atoms with van der Waals surface area (Å²) >= 11 is 0. The first-order chi connectivity index (χ1) is 7.43. The summed E-state index contributed by atoms with van der Waals surface area (Å²) in [5.41, 5.74) is 1.34. The lowest BCUT2D eigenvalue weighted by Gasteiger charge is -2.18. The minimum Gasteiger partial charge on any atom is -0.354 e. The second-order valence-corrected chi connectivity index (χ2v) is 4.55. The first kappa shape index (κ1) is 9.21. The Bertz CT molecular complexity index is 321. The molecule has 1 aliphatic carbocycles. The van der Waals surface area contributed by atoms with E-state index < -0.39 is 0 Å². The number of aromatic nitrogens is 2. The number of hydrogen-bond donors (Lipinski definition) is 2. The van der Waals surface area contributed by atoms with Crippen LogP contribution in [0.3, 0.4) is 0 Å². The number of anilines is 1. The third kappa shape index (κ3) is 2.00. The van der Waals surface area contributed by atoms with E-state index in [1.165, 1.54) is 25.0 Å². The molecule has 0 aromatic carbocycles. The molecule has 4 nitrogen and oxygen atoms in total. The molecule has 0 atom stereocenters. The Balaban J connectivity index is 1.72. The third-order valence-corrected chi connectivity index (χ3v) is 3.27. The third-order valence-electron chi connectivity index (χ3n) is 3.27. The molecule has 1 aromatic rings. The van der Waals surface area contributed by atoms with E-state index in [-0.39, 0.29) is 0 Å². The lowest BCUT2D eigenvalue weighted by Crippen LogP contribution is -2.28. The molecule has 2 N–H and O–H groups in total. The van der Waals surface area contributed by atoms with Crippen LogP contribution in [0.5, 0.6) is 0 Å². The highest BCUT2D eigenvalue weighted by Crippen LogP contribution is 2.39. The maximum absolute atomic E-state index is 4.42. The molecule has 15 heavy (non-hydrogen) atoms. The number of nitrogens with zero attached hydrogens (tertiary/aromatic N) is 2. The Hall–Kier alpha value is -1.03. The number of H-pyrrole nitrogens is 1. The maximum atomic E-state index is 4.42. The number of hydrogen-bond acceptors (Lipinski definition) is 3. The van der Waals surface area contributed by atoms with Gasteiger partial charge in [0, 0.05) is 37.3 Å². The molecule has 2 heterocycles. The van der Waals surface area contributed by atoms with E-state index in [0.29, 0.717) is 0 Å². The van der Waals surface area contributed by atoms with Crippen LogP contribution in [-0.4, -0.2) is 36.4 Å². The van der Waals surface area contributed by atoms with Crippen molar-refractivity contribution in [1.82, 2.24) is 15.5 Å². The summed E-state index contributed by atoms with van der Waals surface area (Å²) < 4.78 is 0. The maximum Gasteiger partial charge on any atom is 0.150 e. The molecule has 1 saturated carbocycles. The minimum absolute atomic E-state index is 0.774. The van der Waals surface area contributed by atoms with Crippen molar-refractivity contribution in [3.63, 3.8) is 0 Å². The number of rotatable bonds is 2. The molecular weight excluding hydrogens is 188 g/mol. The van der Waals surface area contributed by atoms with E-state index in [1.54, 1.807) is 0 Å². The summed E-state index contributed by atoms with van der Waals surface area (Å²) in [6.07, 6.45) is 3.89. The zero-order chi connectivity index (χ0) is 10.1. The highest BCUT2D eigenvalue weighted by molar-refractivity contribution is 5.41. The minimum atomic E-state index is 0.774. The van der Waals surface area contributed by atoms with Crippen molar-refractivity contribution in [2.45, 2.75) is 25.2 Å². The van der Waals surface area contributed by atoms with Gasteiger partial charge in [-0.3, -0.25) is 5.10 Å². The van der Waals surface area contributed by atoms with E-state index in [0.717, 1.165) is 37.9 Å². The molecule has 0 bridgehead atoms. The molecule has 1 aromatic heterocycles. The molecule has 2 aliphatic rings. The summed E-state index contributed by atoms with van der Waals surface area (Å²) in [7, 11) is 0. The lowest BCUT2D eigenvalue weighted by molar-refractivity contribution is 0.724. The summed E-state index contributed by atoms with van der Waals surface area (Å²) in [5.74, 6) is 1.91. The van der Waals surface area contributed by atoms with Gasteiger partial charge in [-0.1, -0.05) is 0 Å². The van der Waals surface area contributed by atoms with Gasteiger partial charge in [-0.15, -0.1) is 0 Å². The van der Waals surface area contributed by atoms with Gasteiger partial charge in [-0.25, -0.2) is 0 Å². The highest BCUT2D eigenvalue weighted by atomic mass is 15.3. The highest BCUT2D eigenvalue weighted by Gasteiger charge is 2.26. The van der Waals surface area contributed by atoms with Crippen LogP contribution in [0.1, 0.15) is 30.9 Å². The van der Waals surface area contributed by atoms with Gasteiger partial charge in [0.2, 0.25) is 0 Å². The molecular formula is C11H18N4. The zero-order valence-electron chi connectivity index (χ0n) is 9.00. The normalized spacial score (nSPS) is 22.8. The molecule has 1 aliphatic heterocycles.